The van der Waals surface area contributed by atoms with Crippen LogP contribution < -0.4 is 9.47 Å². The lowest BCUT2D eigenvalue weighted by Gasteiger charge is -2.33. The highest BCUT2D eigenvalue weighted by Crippen LogP contribution is 2.27. The van der Waals surface area contributed by atoms with Crippen LogP contribution in [0.15, 0.2) is 53.9 Å². The molecular formula is C22H26N2O5S. The Kier molecular flexibility index (Phi) is 7.12. The normalized spacial score (nSPS) is 15.3. The van der Waals surface area contributed by atoms with E-state index in [0.717, 1.165) is 11.1 Å². The first-order chi connectivity index (χ1) is 14.4. The first-order valence-corrected chi connectivity index (χ1v) is 11.2. The second-order valence-corrected chi connectivity index (χ2v) is 8.80. The zero-order valence-corrected chi connectivity index (χ0v) is 18.0. The zero-order valence-electron chi connectivity index (χ0n) is 17.2. The largest absolute Gasteiger partial charge is 0.493 e. The van der Waals surface area contributed by atoms with E-state index >= 15 is 0 Å². The molecule has 0 bridgehead atoms. The quantitative estimate of drug-likeness (QED) is 0.675. The molecule has 0 aliphatic carbocycles. The van der Waals surface area contributed by atoms with Crippen LogP contribution in [0.2, 0.25) is 0 Å². The van der Waals surface area contributed by atoms with E-state index in [1.807, 2.05) is 49.4 Å². The van der Waals surface area contributed by atoms with Gasteiger partial charge in [0.05, 0.1) is 7.11 Å². The number of aryl methyl sites for hydroxylation is 1. The maximum absolute atomic E-state index is 12.5. The van der Waals surface area contributed by atoms with Crippen LogP contribution in [0.1, 0.15) is 11.1 Å². The minimum Gasteiger partial charge on any atom is -0.493 e. The molecule has 0 atom stereocenters. The molecule has 0 saturated carbocycles. The molecule has 1 aliphatic heterocycles. The molecular weight excluding hydrogens is 404 g/mol. The molecule has 0 unspecified atom stereocenters. The van der Waals surface area contributed by atoms with E-state index < -0.39 is 10.0 Å². The topological polar surface area (TPSA) is 76.2 Å². The van der Waals surface area contributed by atoms with Crippen LogP contribution in [0.5, 0.6) is 11.5 Å². The molecule has 1 heterocycles. The van der Waals surface area contributed by atoms with Crippen molar-refractivity contribution in [2.75, 3.05) is 39.9 Å². The zero-order chi connectivity index (χ0) is 21.6. The number of amides is 1. The van der Waals surface area contributed by atoms with Gasteiger partial charge in [0, 0.05) is 31.6 Å². The summed E-state index contributed by atoms with van der Waals surface area (Å²) < 4.78 is 37.4. The number of methoxy groups -OCH3 is 1. The van der Waals surface area contributed by atoms with E-state index in [1.165, 1.54) is 9.71 Å². The van der Waals surface area contributed by atoms with E-state index in [9.17, 15) is 13.2 Å². The molecule has 1 saturated heterocycles. The lowest BCUT2D eigenvalue weighted by atomic mass is 10.2. The molecule has 0 aromatic heterocycles. The number of sulfonamides is 1. The Hall–Kier alpha value is -2.84. The van der Waals surface area contributed by atoms with E-state index in [4.69, 9.17) is 9.47 Å². The molecule has 8 heteroatoms. The third kappa shape index (κ3) is 5.61. The maximum Gasteiger partial charge on any atom is 0.260 e. The van der Waals surface area contributed by atoms with Gasteiger partial charge in [-0.2, -0.15) is 4.31 Å². The summed E-state index contributed by atoms with van der Waals surface area (Å²) in [7, 11) is -1.98. The van der Waals surface area contributed by atoms with E-state index in [-0.39, 0.29) is 25.6 Å². The van der Waals surface area contributed by atoms with Gasteiger partial charge in [-0.25, -0.2) is 8.42 Å². The fourth-order valence-corrected chi connectivity index (χ4v) is 4.31. The van der Waals surface area contributed by atoms with Gasteiger partial charge in [0.15, 0.2) is 18.1 Å². The minimum atomic E-state index is -3.53. The Morgan fingerprint density at radius 1 is 1.03 bits per heavy atom. The van der Waals surface area contributed by atoms with Crippen molar-refractivity contribution in [2.45, 2.75) is 6.92 Å². The molecule has 1 amide bonds. The molecule has 0 N–H and O–H groups in total. The van der Waals surface area contributed by atoms with Crippen LogP contribution in [0.4, 0.5) is 0 Å². The number of carbonyl (C=O) groups excluding carboxylic acids is 1. The van der Waals surface area contributed by atoms with Gasteiger partial charge in [0.1, 0.15) is 0 Å². The van der Waals surface area contributed by atoms with Crippen LogP contribution in [0.3, 0.4) is 0 Å². The molecule has 2 aromatic carbocycles. The standard InChI is InChI=1S/C22H26N2O5S/c1-18-8-9-20(21(16-18)28-2)29-17-22(25)23-11-13-24(14-12-23)30(26,27)15-10-19-6-4-3-5-7-19/h3-10,15-16H,11-14,17H2,1-2H3/b15-10+. The highest BCUT2D eigenvalue weighted by atomic mass is 32.2. The summed E-state index contributed by atoms with van der Waals surface area (Å²) in [6.07, 6.45) is 1.58. The predicted molar refractivity (Wildman–Crippen MR) is 116 cm³/mol. The van der Waals surface area contributed by atoms with Gasteiger partial charge < -0.3 is 14.4 Å². The summed E-state index contributed by atoms with van der Waals surface area (Å²) in [6.45, 7) is 2.97. The average molecular weight is 431 g/mol. The summed E-state index contributed by atoms with van der Waals surface area (Å²) in [5.74, 6) is 0.891. The monoisotopic (exact) mass is 430 g/mol. The van der Waals surface area contributed by atoms with Gasteiger partial charge in [-0.3, -0.25) is 4.79 Å². The number of hydrogen-bond donors (Lipinski definition) is 0. The lowest BCUT2D eigenvalue weighted by Crippen LogP contribution is -2.51. The summed E-state index contributed by atoms with van der Waals surface area (Å²) in [5.41, 5.74) is 1.85. The smallest absolute Gasteiger partial charge is 0.260 e. The summed E-state index contributed by atoms with van der Waals surface area (Å²) in [6, 6.07) is 14.8. The average Bonchev–Trinajstić information content (AvgIpc) is 2.77. The van der Waals surface area contributed by atoms with Crippen LogP contribution >= 0.6 is 0 Å². The van der Waals surface area contributed by atoms with Gasteiger partial charge in [-0.1, -0.05) is 36.4 Å². The Morgan fingerprint density at radius 3 is 2.40 bits per heavy atom. The first kappa shape index (κ1) is 21.9. The van der Waals surface area contributed by atoms with Crippen LogP contribution in [0.25, 0.3) is 6.08 Å². The fourth-order valence-electron chi connectivity index (χ4n) is 3.13. The Labute approximate surface area is 177 Å². The highest BCUT2D eigenvalue weighted by Gasteiger charge is 2.27. The van der Waals surface area contributed by atoms with Crippen molar-refractivity contribution in [3.05, 3.63) is 65.1 Å². The van der Waals surface area contributed by atoms with E-state index in [2.05, 4.69) is 0 Å². The molecule has 0 radical (unpaired) electrons. The molecule has 30 heavy (non-hydrogen) atoms. The van der Waals surface area contributed by atoms with Crippen molar-refractivity contribution >= 4 is 22.0 Å². The second kappa shape index (κ2) is 9.77. The van der Waals surface area contributed by atoms with Gasteiger partial charge in [0.2, 0.25) is 10.0 Å². The SMILES string of the molecule is COc1cc(C)ccc1OCC(=O)N1CCN(S(=O)(=O)/C=C/c2ccccc2)CC1. The van der Waals surface area contributed by atoms with Crippen molar-refractivity contribution in [2.24, 2.45) is 0 Å². The van der Waals surface area contributed by atoms with Crippen LogP contribution in [-0.4, -0.2) is 63.4 Å². The molecule has 7 nitrogen and oxygen atoms in total. The summed E-state index contributed by atoms with van der Waals surface area (Å²) in [5, 5.41) is 1.21. The van der Waals surface area contributed by atoms with E-state index in [1.54, 1.807) is 24.2 Å². The van der Waals surface area contributed by atoms with Crippen molar-refractivity contribution in [1.29, 1.82) is 0 Å². The molecule has 3 rings (SSSR count). The minimum absolute atomic E-state index is 0.125. The number of hydrogen-bond acceptors (Lipinski definition) is 5. The molecule has 160 valence electrons. The van der Waals surface area contributed by atoms with Crippen molar-refractivity contribution in [3.63, 3.8) is 0 Å². The fraction of sp³-hybridized carbons (Fsp3) is 0.318. The third-order valence-electron chi connectivity index (χ3n) is 4.85. The van der Waals surface area contributed by atoms with Gasteiger partial charge >= 0.3 is 0 Å². The molecule has 1 fully saturated rings. The Bertz CT molecular complexity index is 997. The van der Waals surface area contributed by atoms with Crippen molar-refractivity contribution in [1.82, 2.24) is 9.21 Å². The summed E-state index contributed by atoms with van der Waals surface area (Å²) in [4.78, 5) is 14.1. The molecule has 0 spiro atoms. The van der Waals surface area contributed by atoms with Crippen molar-refractivity contribution < 1.29 is 22.7 Å². The van der Waals surface area contributed by atoms with Crippen LogP contribution in [0, 0.1) is 6.92 Å². The number of piperazine rings is 1. The Balaban J connectivity index is 1.52. The van der Waals surface area contributed by atoms with Gasteiger partial charge in [0.25, 0.3) is 5.91 Å². The van der Waals surface area contributed by atoms with Gasteiger partial charge in [-0.05, 0) is 36.3 Å². The Morgan fingerprint density at radius 2 is 1.73 bits per heavy atom. The van der Waals surface area contributed by atoms with Crippen molar-refractivity contribution in [3.8, 4) is 11.5 Å². The lowest BCUT2D eigenvalue weighted by molar-refractivity contribution is -0.134. The number of carbonyl (C=O) groups is 1. The van der Waals surface area contributed by atoms with Gasteiger partial charge in [-0.15, -0.1) is 0 Å². The maximum atomic E-state index is 12.5. The predicted octanol–water partition coefficient (Wildman–Crippen LogP) is 2.53. The summed E-state index contributed by atoms with van der Waals surface area (Å²) >= 11 is 0. The number of benzene rings is 2. The van der Waals surface area contributed by atoms with Crippen LogP contribution in [-0.2, 0) is 14.8 Å². The molecule has 2 aromatic rings. The molecule has 1 aliphatic rings. The number of rotatable bonds is 7. The number of nitrogens with zero attached hydrogens (tertiary/aromatic N) is 2. The highest BCUT2D eigenvalue weighted by molar-refractivity contribution is 7.92. The second-order valence-electron chi connectivity index (χ2n) is 6.98. The first-order valence-electron chi connectivity index (χ1n) is 9.67. The number of ether oxygens (including phenoxy) is 2. The van der Waals surface area contributed by atoms with E-state index in [0.29, 0.717) is 24.6 Å². The third-order valence-corrected chi connectivity index (χ3v) is 6.42.